The molecule has 8 nitrogen and oxygen atoms in total. The highest BCUT2D eigenvalue weighted by molar-refractivity contribution is 6.06. The van der Waals surface area contributed by atoms with Gasteiger partial charge in [-0.3, -0.25) is 14.6 Å². The summed E-state index contributed by atoms with van der Waals surface area (Å²) >= 11 is 0. The summed E-state index contributed by atoms with van der Waals surface area (Å²) in [6.07, 6.45) is 2.83. The average Bonchev–Trinajstić information content (AvgIpc) is 2.67. The lowest BCUT2D eigenvalue weighted by Gasteiger charge is -2.12. The molecule has 1 aromatic carbocycles. The Bertz CT molecular complexity index is 808. The van der Waals surface area contributed by atoms with Gasteiger partial charge in [0, 0.05) is 31.5 Å². The normalized spacial score (nSPS) is 10.4. The maximum atomic E-state index is 12.6. The molecule has 0 spiro atoms. The van der Waals surface area contributed by atoms with E-state index >= 15 is 0 Å². The highest BCUT2D eigenvalue weighted by Gasteiger charge is 2.14. The fraction of sp³-hybridized carbons (Fsp3) is 0.316. The highest BCUT2D eigenvalue weighted by atomic mass is 16.5. The first-order valence-electron chi connectivity index (χ1n) is 8.36. The van der Waals surface area contributed by atoms with Gasteiger partial charge in [0.05, 0.1) is 31.0 Å². The van der Waals surface area contributed by atoms with Crippen LogP contribution in [0.25, 0.3) is 0 Å². The van der Waals surface area contributed by atoms with E-state index in [1.807, 2.05) is 19.0 Å². The molecule has 0 bridgehead atoms. The summed E-state index contributed by atoms with van der Waals surface area (Å²) in [5.41, 5.74) is 1.04. The van der Waals surface area contributed by atoms with Gasteiger partial charge in [0.25, 0.3) is 11.8 Å². The van der Waals surface area contributed by atoms with Crippen molar-refractivity contribution in [1.82, 2.24) is 15.2 Å². The second kappa shape index (κ2) is 9.54. The van der Waals surface area contributed by atoms with Gasteiger partial charge < -0.3 is 25.0 Å². The first kappa shape index (κ1) is 20.2. The Kier molecular flexibility index (Phi) is 7.13. The zero-order valence-corrected chi connectivity index (χ0v) is 15.9. The molecule has 144 valence electrons. The van der Waals surface area contributed by atoms with E-state index in [1.54, 1.807) is 18.2 Å². The van der Waals surface area contributed by atoms with E-state index in [2.05, 4.69) is 15.6 Å². The first-order chi connectivity index (χ1) is 12.9. The molecule has 2 amide bonds. The van der Waals surface area contributed by atoms with Crippen molar-refractivity contribution >= 4 is 17.5 Å². The van der Waals surface area contributed by atoms with Crippen molar-refractivity contribution in [1.29, 1.82) is 0 Å². The molecule has 0 aliphatic carbocycles. The molecule has 0 unspecified atom stereocenters. The minimum Gasteiger partial charge on any atom is -0.497 e. The number of nitrogens with one attached hydrogen (secondary N) is 2. The van der Waals surface area contributed by atoms with Crippen LogP contribution in [0, 0.1) is 0 Å². The van der Waals surface area contributed by atoms with Crippen molar-refractivity contribution in [2.75, 3.05) is 46.7 Å². The van der Waals surface area contributed by atoms with Crippen LogP contribution in [0.1, 0.15) is 20.7 Å². The fourth-order valence-electron chi connectivity index (χ4n) is 2.29. The number of likely N-dealkylation sites (N-methyl/N-ethyl adjacent to an activating group) is 1. The van der Waals surface area contributed by atoms with Gasteiger partial charge >= 0.3 is 0 Å². The van der Waals surface area contributed by atoms with E-state index in [9.17, 15) is 9.59 Å². The van der Waals surface area contributed by atoms with Crippen LogP contribution in [0.4, 0.5) is 5.69 Å². The van der Waals surface area contributed by atoms with Crippen LogP contribution < -0.4 is 20.1 Å². The van der Waals surface area contributed by atoms with E-state index in [0.717, 1.165) is 6.54 Å². The summed E-state index contributed by atoms with van der Waals surface area (Å²) in [4.78, 5) is 30.7. The van der Waals surface area contributed by atoms with Crippen molar-refractivity contribution in [3.8, 4) is 11.5 Å². The van der Waals surface area contributed by atoms with Crippen LogP contribution in [0.2, 0.25) is 0 Å². The maximum absolute atomic E-state index is 12.6. The number of hydrogen-bond donors (Lipinski definition) is 2. The van der Waals surface area contributed by atoms with E-state index < -0.39 is 5.91 Å². The predicted octanol–water partition coefficient (Wildman–Crippen LogP) is 1.64. The molecule has 0 atom stereocenters. The van der Waals surface area contributed by atoms with Crippen molar-refractivity contribution < 1.29 is 19.1 Å². The summed E-state index contributed by atoms with van der Waals surface area (Å²) in [5, 5.41) is 5.55. The van der Waals surface area contributed by atoms with Crippen LogP contribution in [-0.4, -0.2) is 63.1 Å². The van der Waals surface area contributed by atoms with Crippen molar-refractivity contribution in [2.45, 2.75) is 0 Å². The summed E-state index contributed by atoms with van der Waals surface area (Å²) < 4.78 is 10.4. The number of hydrogen-bond acceptors (Lipinski definition) is 6. The SMILES string of the molecule is COc1ccc(OC)c(NC(=O)c2cncc(C(=O)NCCN(C)C)c2)c1. The first-order valence-corrected chi connectivity index (χ1v) is 8.36. The summed E-state index contributed by atoms with van der Waals surface area (Å²) in [7, 11) is 6.89. The molecule has 2 N–H and O–H groups in total. The van der Waals surface area contributed by atoms with E-state index in [1.165, 1.54) is 32.7 Å². The smallest absolute Gasteiger partial charge is 0.257 e. The molecular weight excluding hydrogens is 348 g/mol. The number of anilines is 1. The minimum atomic E-state index is -0.406. The third kappa shape index (κ3) is 5.68. The number of carbonyl (C=O) groups excluding carboxylic acids is 2. The standard InChI is InChI=1S/C19H24N4O4/c1-23(2)8-7-21-18(24)13-9-14(12-20-11-13)19(25)22-16-10-15(26-3)5-6-17(16)27-4/h5-6,9-12H,7-8H2,1-4H3,(H,21,24)(H,22,25). The number of amides is 2. The van der Waals surface area contributed by atoms with Gasteiger partial charge in [-0.05, 0) is 32.3 Å². The van der Waals surface area contributed by atoms with Crippen molar-refractivity contribution in [3.05, 3.63) is 47.8 Å². The van der Waals surface area contributed by atoms with Crippen LogP contribution >= 0.6 is 0 Å². The molecular formula is C19H24N4O4. The third-order valence-electron chi connectivity index (χ3n) is 3.76. The molecule has 0 aliphatic rings. The Morgan fingerprint density at radius 1 is 1.04 bits per heavy atom. The molecule has 0 saturated heterocycles. The number of rotatable bonds is 8. The Balaban J connectivity index is 2.12. The van der Waals surface area contributed by atoms with Crippen LogP contribution in [0.3, 0.4) is 0 Å². The second-order valence-corrected chi connectivity index (χ2v) is 6.04. The molecule has 0 saturated carbocycles. The molecule has 1 heterocycles. The molecule has 27 heavy (non-hydrogen) atoms. The van der Waals surface area contributed by atoms with Crippen LogP contribution in [0.5, 0.6) is 11.5 Å². The lowest BCUT2D eigenvalue weighted by atomic mass is 10.1. The largest absolute Gasteiger partial charge is 0.497 e. The molecule has 8 heteroatoms. The van der Waals surface area contributed by atoms with Crippen molar-refractivity contribution in [2.24, 2.45) is 0 Å². The molecule has 2 rings (SSSR count). The number of benzene rings is 1. The summed E-state index contributed by atoms with van der Waals surface area (Å²) in [6.45, 7) is 1.22. The Morgan fingerprint density at radius 2 is 1.74 bits per heavy atom. The van der Waals surface area contributed by atoms with Gasteiger partial charge in [0.2, 0.25) is 0 Å². The van der Waals surface area contributed by atoms with Gasteiger partial charge in [0.15, 0.2) is 0 Å². The molecule has 0 aliphatic heterocycles. The second-order valence-electron chi connectivity index (χ2n) is 6.04. The van der Waals surface area contributed by atoms with Gasteiger partial charge in [-0.1, -0.05) is 0 Å². The van der Waals surface area contributed by atoms with Crippen molar-refractivity contribution in [3.63, 3.8) is 0 Å². The van der Waals surface area contributed by atoms with Crippen LogP contribution in [-0.2, 0) is 0 Å². The van der Waals surface area contributed by atoms with Gasteiger partial charge in [-0.15, -0.1) is 0 Å². The van der Waals surface area contributed by atoms with E-state index in [4.69, 9.17) is 9.47 Å². The monoisotopic (exact) mass is 372 g/mol. The zero-order chi connectivity index (χ0) is 19.8. The topological polar surface area (TPSA) is 92.8 Å². The Labute approximate surface area is 158 Å². The van der Waals surface area contributed by atoms with Crippen LogP contribution in [0.15, 0.2) is 36.7 Å². The molecule has 2 aromatic rings. The minimum absolute atomic E-state index is 0.264. The highest BCUT2D eigenvalue weighted by Crippen LogP contribution is 2.29. The fourth-order valence-corrected chi connectivity index (χ4v) is 2.29. The predicted molar refractivity (Wildman–Crippen MR) is 103 cm³/mol. The van der Waals surface area contributed by atoms with E-state index in [0.29, 0.717) is 29.3 Å². The number of carbonyl (C=O) groups is 2. The van der Waals surface area contributed by atoms with E-state index in [-0.39, 0.29) is 11.5 Å². The van der Waals surface area contributed by atoms with Gasteiger partial charge in [0.1, 0.15) is 11.5 Å². The molecule has 1 aromatic heterocycles. The Morgan fingerprint density at radius 3 is 2.37 bits per heavy atom. The number of nitrogens with zero attached hydrogens (tertiary/aromatic N) is 2. The number of ether oxygens (including phenoxy) is 2. The molecule has 0 fully saturated rings. The lowest BCUT2D eigenvalue weighted by Crippen LogP contribution is -2.31. The number of pyridine rings is 1. The lowest BCUT2D eigenvalue weighted by molar-refractivity contribution is 0.0950. The summed E-state index contributed by atoms with van der Waals surface area (Å²) in [6, 6.07) is 6.58. The number of aromatic nitrogens is 1. The van der Waals surface area contributed by atoms with Gasteiger partial charge in [-0.25, -0.2) is 0 Å². The molecule has 0 radical (unpaired) electrons. The average molecular weight is 372 g/mol. The summed E-state index contributed by atoms with van der Waals surface area (Å²) in [5.74, 6) is 0.392. The third-order valence-corrected chi connectivity index (χ3v) is 3.76. The quantitative estimate of drug-likeness (QED) is 0.732. The Hall–Kier alpha value is -3.13. The maximum Gasteiger partial charge on any atom is 0.257 e. The zero-order valence-electron chi connectivity index (χ0n) is 15.9. The van der Waals surface area contributed by atoms with Gasteiger partial charge in [-0.2, -0.15) is 0 Å². The number of methoxy groups -OCH3 is 2.